The van der Waals surface area contributed by atoms with E-state index in [1.807, 2.05) is 0 Å². The van der Waals surface area contributed by atoms with Crippen molar-refractivity contribution in [1.82, 2.24) is 9.80 Å². The van der Waals surface area contributed by atoms with Gasteiger partial charge in [0.15, 0.2) is 0 Å². The molecule has 0 spiro atoms. The van der Waals surface area contributed by atoms with Crippen molar-refractivity contribution in [2.24, 2.45) is 5.73 Å². The number of carbonyl (C=O) groups excluding carboxylic acids is 1. The van der Waals surface area contributed by atoms with Crippen LogP contribution in [-0.2, 0) is 17.5 Å². The average Bonchev–Trinajstić information content (AvgIpc) is 2.48. The topological polar surface area (TPSA) is 49.6 Å². The fraction of sp³-hybridized carbons (Fsp3) is 0.533. The molecular formula is C15H21ClF3N3O. The van der Waals surface area contributed by atoms with Crippen molar-refractivity contribution in [1.29, 1.82) is 0 Å². The van der Waals surface area contributed by atoms with E-state index < -0.39 is 11.7 Å². The molecule has 1 aliphatic rings. The molecule has 1 aliphatic heterocycles. The molecule has 1 amide bonds. The van der Waals surface area contributed by atoms with Gasteiger partial charge in [-0.15, -0.1) is 12.4 Å². The van der Waals surface area contributed by atoms with Gasteiger partial charge in [-0.25, -0.2) is 0 Å². The number of hydrogen-bond acceptors (Lipinski definition) is 3. The van der Waals surface area contributed by atoms with Crippen LogP contribution >= 0.6 is 12.4 Å². The van der Waals surface area contributed by atoms with Crippen LogP contribution in [0, 0.1) is 0 Å². The average molecular weight is 352 g/mol. The monoisotopic (exact) mass is 351 g/mol. The zero-order valence-corrected chi connectivity index (χ0v) is 13.5. The van der Waals surface area contributed by atoms with E-state index in [1.54, 1.807) is 11.0 Å². The second-order valence-corrected chi connectivity index (χ2v) is 5.39. The fourth-order valence-electron chi connectivity index (χ4n) is 2.54. The van der Waals surface area contributed by atoms with Crippen LogP contribution in [-0.4, -0.2) is 48.4 Å². The molecule has 23 heavy (non-hydrogen) atoms. The largest absolute Gasteiger partial charge is 0.416 e. The van der Waals surface area contributed by atoms with Crippen molar-refractivity contribution in [2.45, 2.75) is 19.1 Å². The maximum atomic E-state index is 12.7. The maximum Gasteiger partial charge on any atom is 0.416 e. The molecule has 1 aromatic carbocycles. The second-order valence-electron chi connectivity index (χ2n) is 5.39. The Bertz CT molecular complexity index is 517. The van der Waals surface area contributed by atoms with E-state index in [1.165, 1.54) is 12.1 Å². The van der Waals surface area contributed by atoms with E-state index in [-0.39, 0.29) is 18.3 Å². The third-order valence-electron chi connectivity index (χ3n) is 3.74. The summed E-state index contributed by atoms with van der Waals surface area (Å²) >= 11 is 0. The summed E-state index contributed by atoms with van der Waals surface area (Å²) in [5.74, 6) is 0.0428. The second kappa shape index (κ2) is 8.52. The first-order valence-corrected chi connectivity index (χ1v) is 7.26. The molecule has 2 rings (SSSR count). The smallest absolute Gasteiger partial charge is 0.340 e. The van der Waals surface area contributed by atoms with Gasteiger partial charge < -0.3 is 10.6 Å². The standard InChI is InChI=1S/C15H20F3N3O.ClH/c16-15(17,18)13-3-1-2-12(10-13)11-20-6-8-21(9-7-20)14(22)4-5-19;/h1-3,10H,4-9,11,19H2;1H. The van der Waals surface area contributed by atoms with Gasteiger partial charge in [-0.3, -0.25) is 9.69 Å². The maximum absolute atomic E-state index is 12.7. The summed E-state index contributed by atoms with van der Waals surface area (Å²) in [4.78, 5) is 15.5. The van der Waals surface area contributed by atoms with E-state index in [0.29, 0.717) is 51.3 Å². The van der Waals surface area contributed by atoms with Gasteiger partial charge in [0.05, 0.1) is 5.56 Å². The summed E-state index contributed by atoms with van der Waals surface area (Å²) in [7, 11) is 0. The Morgan fingerprint density at radius 3 is 2.39 bits per heavy atom. The molecular weight excluding hydrogens is 331 g/mol. The Hall–Kier alpha value is -1.31. The summed E-state index contributed by atoms with van der Waals surface area (Å²) in [6.45, 7) is 3.31. The summed E-state index contributed by atoms with van der Waals surface area (Å²) in [6.07, 6.45) is -3.98. The molecule has 1 aromatic rings. The van der Waals surface area contributed by atoms with Crippen LogP contribution in [0.3, 0.4) is 0 Å². The third-order valence-corrected chi connectivity index (χ3v) is 3.74. The highest BCUT2D eigenvalue weighted by Crippen LogP contribution is 2.29. The van der Waals surface area contributed by atoms with Crippen LogP contribution in [0.4, 0.5) is 13.2 Å². The van der Waals surface area contributed by atoms with Crippen molar-refractivity contribution < 1.29 is 18.0 Å². The first-order chi connectivity index (χ1) is 10.4. The molecule has 0 radical (unpaired) electrons. The van der Waals surface area contributed by atoms with Gasteiger partial charge >= 0.3 is 6.18 Å². The number of nitrogens with zero attached hydrogens (tertiary/aromatic N) is 2. The van der Waals surface area contributed by atoms with Crippen LogP contribution in [0.5, 0.6) is 0 Å². The fourth-order valence-corrected chi connectivity index (χ4v) is 2.54. The highest BCUT2D eigenvalue weighted by Gasteiger charge is 2.30. The summed E-state index contributed by atoms with van der Waals surface area (Å²) in [5.41, 5.74) is 5.38. The number of carbonyl (C=O) groups is 1. The van der Waals surface area contributed by atoms with Crippen molar-refractivity contribution in [3.63, 3.8) is 0 Å². The molecule has 1 saturated heterocycles. The Morgan fingerprint density at radius 2 is 1.83 bits per heavy atom. The summed E-state index contributed by atoms with van der Waals surface area (Å²) in [6, 6.07) is 5.39. The number of piperazine rings is 1. The predicted molar refractivity (Wildman–Crippen MR) is 84.2 cm³/mol. The van der Waals surface area contributed by atoms with Crippen molar-refractivity contribution >= 4 is 18.3 Å². The number of rotatable bonds is 4. The molecule has 0 unspecified atom stereocenters. The van der Waals surface area contributed by atoms with Crippen LogP contribution in [0.1, 0.15) is 17.5 Å². The molecule has 0 aliphatic carbocycles. The Morgan fingerprint density at radius 1 is 1.17 bits per heavy atom. The number of benzene rings is 1. The Kier molecular flexibility index (Phi) is 7.31. The molecule has 130 valence electrons. The van der Waals surface area contributed by atoms with Crippen LogP contribution < -0.4 is 5.73 Å². The minimum Gasteiger partial charge on any atom is -0.340 e. The van der Waals surface area contributed by atoms with Gasteiger partial charge in [0.1, 0.15) is 0 Å². The lowest BCUT2D eigenvalue weighted by Gasteiger charge is -2.34. The molecule has 2 N–H and O–H groups in total. The third kappa shape index (κ3) is 5.67. The van der Waals surface area contributed by atoms with Gasteiger partial charge in [-0.2, -0.15) is 13.2 Å². The molecule has 0 aromatic heterocycles. The SMILES string of the molecule is Cl.NCCC(=O)N1CCN(Cc2cccc(C(F)(F)F)c2)CC1. The van der Waals surface area contributed by atoms with E-state index in [2.05, 4.69) is 4.90 Å². The number of hydrogen-bond donors (Lipinski definition) is 1. The summed E-state index contributed by atoms with van der Waals surface area (Å²) < 4.78 is 38.1. The van der Waals surface area contributed by atoms with Crippen molar-refractivity contribution in [2.75, 3.05) is 32.7 Å². The van der Waals surface area contributed by atoms with Gasteiger partial charge in [0.2, 0.25) is 5.91 Å². The molecule has 0 saturated carbocycles. The van der Waals surface area contributed by atoms with E-state index in [0.717, 1.165) is 6.07 Å². The normalized spacial score (nSPS) is 16.1. The van der Waals surface area contributed by atoms with Crippen LogP contribution in [0.25, 0.3) is 0 Å². The number of nitrogens with two attached hydrogens (primary N) is 1. The van der Waals surface area contributed by atoms with Gasteiger partial charge in [0.25, 0.3) is 0 Å². The first kappa shape index (κ1) is 19.7. The molecule has 1 heterocycles. The lowest BCUT2D eigenvalue weighted by molar-refractivity contribution is -0.137. The Balaban J connectivity index is 0.00000264. The minimum atomic E-state index is -4.32. The number of amides is 1. The van der Waals surface area contributed by atoms with E-state index in [9.17, 15) is 18.0 Å². The number of halogens is 4. The van der Waals surface area contributed by atoms with Crippen molar-refractivity contribution in [3.8, 4) is 0 Å². The van der Waals surface area contributed by atoms with Gasteiger partial charge in [0, 0.05) is 45.7 Å². The zero-order chi connectivity index (χ0) is 16.2. The quantitative estimate of drug-likeness (QED) is 0.904. The van der Waals surface area contributed by atoms with Crippen LogP contribution in [0.15, 0.2) is 24.3 Å². The summed E-state index contributed by atoms with van der Waals surface area (Å²) in [5, 5.41) is 0. The van der Waals surface area contributed by atoms with Crippen LogP contribution in [0.2, 0.25) is 0 Å². The molecule has 8 heteroatoms. The van der Waals surface area contributed by atoms with Crippen molar-refractivity contribution in [3.05, 3.63) is 35.4 Å². The molecule has 4 nitrogen and oxygen atoms in total. The van der Waals surface area contributed by atoms with Gasteiger partial charge in [-0.05, 0) is 11.6 Å². The lowest BCUT2D eigenvalue weighted by atomic mass is 10.1. The van der Waals surface area contributed by atoms with E-state index in [4.69, 9.17) is 5.73 Å². The Labute approximate surface area is 139 Å². The lowest BCUT2D eigenvalue weighted by Crippen LogP contribution is -2.48. The molecule has 0 atom stereocenters. The van der Waals surface area contributed by atoms with Gasteiger partial charge in [-0.1, -0.05) is 18.2 Å². The predicted octanol–water partition coefficient (Wildman–Crippen LogP) is 2.12. The highest BCUT2D eigenvalue weighted by atomic mass is 35.5. The number of alkyl halides is 3. The zero-order valence-electron chi connectivity index (χ0n) is 12.7. The highest BCUT2D eigenvalue weighted by molar-refractivity contribution is 5.85. The molecule has 1 fully saturated rings. The minimum absolute atomic E-state index is 0. The first-order valence-electron chi connectivity index (χ1n) is 7.26. The molecule has 0 bridgehead atoms. The van der Waals surface area contributed by atoms with E-state index >= 15 is 0 Å².